The van der Waals surface area contributed by atoms with Gasteiger partial charge in [-0.15, -0.1) is 0 Å². The molecule has 1 aromatic carbocycles. The average molecular weight is 398 g/mol. The molecule has 1 fully saturated rings. The molecule has 154 valence electrons. The van der Waals surface area contributed by atoms with Gasteiger partial charge in [0, 0.05) is 36.9 Å². The fourth-order valence-corrected chi connectivity index (χ4v) is 4.86. The van der Waals surface area contributed by atoms with Gasteiger partial charge in [0.05, 0.1) is 6.54 Å². The fraction of sp³-hybridized carbons (Fsp3) is 0.545. The lowest BCUT2D eigenvalue weighted by Gasteiger charge is -2.31. The summed E-state index contributed by atoms with van der Waals surface area (Å²) in [6, 6.07) is 4.78. The number of furan rings is 1. The van der Waals surface area contributed by atoms with E-state index in [2.05, 4.69) is 16.9 Å². The Bertz CT molecular complexity index is 1090. The average Bonchev–Trinajstić information content (AvgIpc) is 3.23. The highest BCUT2D eigenvalue weighted by molar-refractivity contribution is 5.82. The zero-order chi connectivity index (χ0) is 20.0. The lowest BCUT2D eigenvalue weighted by atomic mass is 9.92. The van der Waals surface area contributed by atoms with Crippen LogP contribution in [0.5, 0.6) is 0 Å². The summed E-state index contributed by atoms with van der Waals surface area (Å²) < 4.78 is 23.0. The predicted octanol–water partition coefficient (Wildman–Crippen LogP) is 3.45. The van der Waals surface area contributed by atoms with Gasteiger partial charge in [-0.05, 0) is 63.4 Å². The number of nitrogens with zero attached hydrogens (tertiary/aromatic N) is 4. The molecule has 0 amide bonds. The van der Waals surface area contributed by atoms with Gasteiger partial charge >= 0.3 is 5.69 Å². The topological polar surface area (TPSA) is 56.2 Å². The number of hydrogen-bond acceptors (Lipinski definition) is 4. The number of fused-ring (bicyclic) bond motifs is 2. The van der Waals surface area contributed by atoms with Crippen molar-refractivity contribution in [2.24, 2.45) is 0 Å². The number of aryl methyl sites for hydroxylation is 2. The van der Waals surface area contributed by atoms with Gasteiger partial charge < -0.3 is 9.32 Å². The summed E-state index contributed by atoms with van der Waals surface area (Å²) in [5, 5.41) is 5.54. The maximum absolute atomic E-state index is 13.5. The molecule has 0 saturated carbocycles. The number of halogens is 1. The Morgan fingerprint density at radius 1 is 1.17 bits per heavy atom. The third-order valence-corrected chi connectivity index (χ3v) is 6.56. The number of aromatic nitrogens is 3. The first kappa shape index (κ1) is 18.6. The SMILES string of the molecule is Cc1c(C2CCN(CCn3nc4n(c3=O)CCCC4)CC2)oc2cc(F)ccc12. The van der Waals surface area contributed by atoms with Crippen LogP contribution < -0.4 is 5.69 Å². The highest BCUT2D eigenvalue weighted by atomic mass is 19.1. The molecule has 2 aromatic heterocycles. The fourth-order valence-electron chi connectivity index (χ4n) is 4.86. The van der Waals surface area contributed by atoms with Crippen LogP contribution in [0.15, 0.2) is 27.4 Å². The maximum Gasteiger partial charge on any atom is 0.345 e. The summed E-state index contributed by atoms with van der Waals surface area (Å²) in [6.07, 6.45) is 5.13. The second kappa shape index (κ2) is 7.44. The molecule has 4 heterocycles. The van der Waals surface area contributed by atoms with Crippen LogP contribution in [0.4, 0.5) is 4.39 Å². The van der Waals surface area contributed by atoms with Crippen molar-refractivity contribution < 1.29 is 8.81 Å². The third-order valence-electron chi connectivity index (χ3n) is 6.56. The number of benzene rings is 1. The van der Waals surface area contributed by atoms with Crippen LogP contribution in [0.2, 0.25) is 0 Å². The van der Waals surface area contributed by atoms with E-state index in [1.165, 1.54) is 12.1 Å². The molecule has 3 aromatic rings. The van der Waals surface area contributed by atoms with Crippen LogP contribution in [-0.2, 0) is 19.5 Å². The van der Waals surface area contributed by atoms with Gasteiger partial charge in [-0.2, -0.15) is 5.10 Å². The molecule has 0 radical (unpaired) electrons. The minimum atomic E-state index is -0.260. The lowest BCUT2D eigenvalue weighted by molar-refractivity contribution is 0.193. The van der Waals surface area contributed by atoms with Gasteiger partial charge in [0.15, 0.2) is 0 Å². The molecular weight excluding hydrogens is 371 g/mol. The molecule has 7 heteroatoms. The monoisotopic (exact) mass is 398 g/mol. The number of likely N-dealkylation sites (tertiary alicyclic amines) is 1. The smallest absolute Gasteiger partial charge is 0.345 e. The number of rotatable bonds is 4. The van der Waals surface area contributed by atoms with Gasteiger partial charge in [0.25, 0.3) is 0 Å². The minimum Gasteiger partial charge on any atom is -0.460 e. The normalized spacial score (nSPS) is 18.4. The van der Waals surface area contributed by atoms with Crippen molar-refractivity contribution in [2.45, 2.75) is 58.0 Å². The molecule has 2 aliphatic heterocycles. The van der Waals surface area contributed by atoms with Crippen LogP contribution in [0, 0.1) is 12.7 Å². The molecular formula is C22H27FN4O2. The van der Waals surface area contributed by atoms with E-state index in [-0.39, 0.29) is 11.5 Å². The van der Waals surface area contributed by atoms with Crippen LogP contribution in [-0.4, -0.2) is 38.9 Å². The van der Waals surface area contributed by atoms with E-state index < -0.39 is 0 Å². The van der Waals surface area contributed by atoms with E-state index in [1.807, 2.05) is 10.6 Å². The molecule has 0 atom stereocenters. The molecule has 0 N–H and O–H groups in total. The Kier molecular flexibility index (Phi) is 4.78. The van der Waals surface area contributed by atoms with Crippen molar-refractivity contribution in [3.05, 3.63) is 51.6 Å². The maximum atomic E-state index is 13.5. The molecule has 0 aliphatic carbocycles. The van der Waals surface area contributed by atoms with Crippen molar-refractivity contribution in [2.75, 3.05) is 19.6 Å². The summed E-state index contributed by atoms with van der Waals surface area (Å²) in [6.45, 7) is 6.30. The van der Waals surface area contributed by atoms with E-state index in [0.717, 1.165) is 80.8 Å². The van der Waals surface area contributed by atoms with Crippen molar-refractivity contribution in [3.63, 3.8) is 0 Å². The van der Waals surface area contributed by atoms with E-state index in [0.29, 0.717) is 18.0 Å². The second-order valence-corrected chi connectivity index (χ2v) is 8.38. The lowest BCUT2D eigenvalue weighted by Crippen LogP contribution is -2.37. The van der Waals surface area contributed by atoms with Crippen LogP contribution >= 0.6 is 0 Å². The van der Waals surface area contributed by atoms with Crippen LogP contribution in [0.1, 0.15) is 48.7 Å². The molecule has 0 bridgehead atoms. The summed E-state index contributed by atoms with van der Waals surface area (Å²) in [5.74, 6) is 2.05. The highest BCUT2D eigenvalue weighted by Gasteiger charge is 2.26. The summed E-state index contributed by atoms with van der Waals surface area (Å²) in [5.41, 5.74) is 1.82. The summed E-state index contributed by atoms with van der Waals surface area (Å²) in [4.78, 5) is 14.9. The Labute approximate surface area is 168 Å². The zero-order valence-electron chi connectivity index (χ0n) is 16.9. The van der Waals surface area contributed by atoms with Crippen LogP contribution in [0.25, 0.3) is 11.0 Å². The van der Waals surface area contributed by atoms with E-state index >= 15 is 0 Å². The Balaban J connectivity index is 1.22. The predicted molar refractivity (Wildman–Crippen MR) is 109 cm³/mol. The first-order chi connectivity index (χ1) is 14.1. The quantitative estimate of drug-likeness (QED) is 0.675. The zero-order valence-corrected chi connectivity index (χ0v) is 16.9. The van der Waals surface area contributed by atoms with Crippen molar-refractivity contribution in [1.29, 1.82) is 0 Å². The molecule has 29 heavy (non-hydrogen) atoms. The summed E-state index contributed by atoms with van der Waals surface area (Å²) >= 11 is 0. The third kappa shape index (κ3) is 3.41. The molecule has 6 nitrogen and oxygen atoms in total. The molecule has 0 spiro atoms. The van der Waals surface area contributed by atoms with Gasteiger partial charge in [-0.25, -0.2) is 13.9 Å². The van der Waals surface area contributed by atoms with Crippen LogP contribution in [0.3, 0.4) is 0 Å². The Morgan fingerprint density at radius 3 is 2.79 bits per heavy atom. The standard InChI is InChI=1S/C22H27FN4O2/c1-15-18-6-5-17(23)14-19(18)29-21(15)16-7-10-25(11-8-16)12-13-27-22(28)26-9-3-2-4-20(26)24-27/h5-6,14,16H,2-4,7-13H2,1H3. The highest BCUT2D eigenvalue weighted by Crippen LogP contribution is 2.36. The number of piperidine rings is 1. The van der Waals surface area contributed by atoms with Gasteiger partial charge in [0.2, 0.25) is 0 Å². The van der Waals surface area contributed by atoms with Crippen molar-refractivity contribution >= 4 is 11.0 Å². The van der Waals surface area contributed by atoms with Crippen molar-refractivity contribution in [1.82, 2.24) is 19.2 Å². The van der Waals surface area contributed by atoms with E-state index in [4.69, 9.17) is 4.42 Å². The van der Waals surface area contributed by atoms with E-state index in [9.17, 15) is 9.18 Å². The largest absolute Gasteiger partial charge is 0.460 e. The van der Waals surface area contributed by atoms with E-state index in [1.54, 1.807) is 4.68 Å². The van der Waals surface area contributed by atoms with Crippen molar-refractivity contribution in [3.8, 4) is 0 Å². The number of hydrogen-bond donors (Lipinski definition) is 0. The Morgan fingerprint density at radius 2 is 2.00 bits per heavy atom. The minimum absolute atomic E-state index is 0.0414. The first-order valence-electron chi connectivity index (χ1n) is 10.7. The first-order valence-corrected chi connectivity index (χ1v) is 10.7. The summed E-state index contributed by atoms with van der Waals surface area (Å²) in [7, 11) is 0. The molecule has 2 aliphatic rings. The Hall–Kier alpha value is -2.41. The molecule has 1 saturated heterocycles. The molecule has 0 unspecified atom stereocenters. The van der Waals surface area contributed by atoms with Gasteiger partial charge in [-0.3, -0.25) is 4.57 Å². The second-order valence-electron chi connectivity index (χ2n) is 8.38. The van der Waals surface area contributed by atoms with Gasteiger partial charge in [-0.1, -0.05) is 0 Å². The molecule has 5 rings (SSSR count). The van der Waals surface area contributed by atoms with Gasteiger partial charge in [0.1, 0.15) is 23.0 Å².